The molecule has 0 radical (unpaired) electrons. The maximum absolute atomic E-state index is 9.70. The molecule has 2 aliphatic rings. The van der Waals surface area contributed by atoms with E-state index >= 15 is 0 Å². The Kier molecular flexibility index (Phi) is 5.56. The fourth-order valence-electron chi connectivity index (χ4n) is 1.74. The maximum Gasteiger partial charge on any atom is 0.163 e. The van der Waals surface area contributed by atoms with Crippen molar-refractivity contribution in [3.05, 3.63) is 0 Å². The highest BCUT2D eigenvalue weighted by atomic mass is 16.7. The average molecular weight is 276 g/mol. The average Bonchev–Trinajstić information content (AvgIpc) is 3.17. The first-order valence-electron chi connectivity index (χ1n) is 6.82. The van der Waals surface area contributed by atoms with Gasteiger partial charge in [-0.25, -0.2) is 0 Å². The van der Waals surface area contributed by atoms with Gasteiger partial charge in [0.05, 0.1) is 39.1 Å². The van der Waals surface area contributed by atoms with Gasteiger partial charge in [-0.1, -0.05) is 0 Å². The second-order valence-corrected chi connectivity index (χ2v) is 5.45. The molecular weight excluding hydrogens is 252 g/mol. The van der Waals surface area contributed by atoms with E-state index in [1.165, 1.54) is 0 Å². The summed E-state index contributed by atoms with van der Waals surface area (Å²) in [6.07, 6.45) is 0.526. The van der Waals surface area contributed by atoms with Gasteiger partial charge in [-0.15, -0.1) is 0 Å². The summed E-state index contributed by atoms with van der Waals surface area (Å²) in [4.78, 5) is 0. The first-order chi connectivity index (χ1) is 9.05. The molecule has 0 aliphatic carbocycles. The molecule has 112 valence electrons. The number of aliphatic hydroxyl groups is 1. The lowest BCUT2D eigenvalue weighted by Crippen LogP contribution is -2.44. The predicted octanol–water partition coefficient (Wildman–Crippen LogP) is 0.321. The molecule has 2 fully saturated rings. The maximum atomic E-state index is 9.70. The quantitative estimate of drug-likeness (QED) is 0.508. The third-order valence-corrected chi connectivity index (χ3v) is 3.05. The summed E-state index contributed by atoms with van der Waals surface area (Å²) >= 11 is 0. The van der Waals surface area contributed by atoms with Gasteiger partial charge in [0.25, 0.3) is 0 Å². The van der Waals surface area contributed by atoms with Crippen molar-refractivity contribution in [3.8, 4) is 0 Å². The van der Waals surface area contributed by atoms with Crippen LogP contribution in [0.2, 0.25) is 0 Å². The van der Waals surface area contributed by atoms with Crippen LogP contribution in [-0.4, -0.2) is 68.8 Å². The third-order valence-electron chi connectivity index (χ3n) is 3.05. The minimum atomic E-state index is -0.616. The van der Waals surface area contributed by atoms with Gasteiger partial charge in [-0.2, -0.15) is 0 Å². The largest absolute Gasteiger partial charge is 0.388 e. The lowest BCUT2D eigenvalue weighted by molar-refractivity contribution is -0.281. The Morgan fingerprint density at radius 3 is 2.53 bits per heavy atom. The lowest BCUT2D eigenvalue weighted by Gasteiger charge is -2.35. The van der Waals surface area contributed by atoms with E-state index in [-0.39, 0.29) is 19.3 Å². The molecule has 2 saturated heterocycles. The van der Waals surface area contributed by atoms with Crippen LogP contribution in [0.5, 0.6) is 0 Å². The van der Waals surface area contributed by atoms with Crippen molar-refractivity contribution in [1.82, 2.24) is 0 Å². The zero-order valence-corrected chi connectivity index (χ0v) is 11.7. The van der Waals surface area contributed by atoms with Crippen molar-refractivity contribution in [2.45, 2.75) is 44.4 Å². The predicted molar refractivity (Wildman–Crippen MR) is 66.9 cm³/mol. The van der Waals surface area contributed by atoms with Crippen molar-refractivity contribution in [1.29, 1.82) is 0 Å². The normalized spacial score (nSPS) is 28.3. The molecule has 0 aromatic heterocycles. The van der Waals surface area contributed by atoms with Gasteiger partial charge in [0, 0.05) is 6.61 Å². The van der Waals surface area contributed by atoms with E-state index < -0.39 is 11.9 Å². The van der Waals surface area contributed by atoms with Crippen LogP contribution in [0.4, 0.5) is 0 Å². The molecule has 0 aromatic rings. The molecule has 1 N–H and O–H groups in total. The molecule has 0 aromatic carbocycles. The molecular formula is C13H24O6. The Morgan fingerprint density at radius 1 is 1.21 bits per heavy atom. The lowest BCUT2D eigenvalue weighted by atomic mass is 10.3. The highest BCUT2D eigenvalue weighted by Gasteiger charge is 2.29. The second kappa shape index (κ2) is 6.97. The van der Waals surface area contributed by atoms with Crippen LogP contribution in [0, 0.1) is 0 Å². The van der Waals surface area contributed by atoms with Crippen molar-refractivity contribution in [2.24, 2.45) is 0 Å². The zero-order valence-electron chi connectivity index (χ0n) is 11.7. The van der Waals surface area contributed by atoms with E-state index in [1.54, 1.807) is 0 Å². The molecule has 2 atom stereocenters. The van der Waals surface area contributed by atoms with Gasteiger partial charge < -0.3 is 28.8 Å². The van der Waals surface area contributed by atoms with E-state index in [9.17, 15) is 5.11 Å². The Balaban J connectivity index is 1.47. The van der Waals surface area contributed by atoms with Crippen LogP contribution in [0.1, 0.15) is 20.3 Å². The number of hydrogen-bond donors (Lipinski definition) is 1. The Bertz CT molecular complexity index is 256. The second-order valence-electron chi connectivity index (χ2n) is 5.45. The molecule has 19 heavy (non-hydrogen) atoms. The topological polar surface area (TPSA) is 69.7 Å². The van der Waals surface area contributed by atoms with Crippen LogP contribution < -0.4 is 0 Å². The Morgan fingerprint density at radius 2 is 1.89 bits per heavy atom. The van der Waals surface area contributed by atoms with Gasteiger partial charge in [-0.05, 0) is 20.3 Å². The monoisotopic (exact) mass is 276 g/mol. The van der Waals surface area contributed by atoms with E-state index in [0.717, 1.165) is 13.0 Å². The molecule has 6 nitrogen and oxygen atoms in total. The molecule has 2 rings (SSSR count). The van der Waals surface area contributed by atoms with Crippen LogP contribution in [0.25, 0.3) is 0 Å². The molecule has 6 heteroatoms. The highest BCUT2D eigenvalue weighted by molar-refractivity contribution is 4.69. The molecule has 0 amide bonds. The van der Waals surface area contributed by atoms with E-state index in [2.05, 4.69) is 0 Å². The minimum absolute atomic E-state index is 0.123. The fourth-order valence-corrected chi connectivity index (χ4v) is 1.74. The Labute approximate surface area is 113 Å². The summed E-state index contributed by atoms with van der Waals surface area (Å²) in [7, 11) is 0. The first-order valence-corrected chi connectivity index (χ1v) is 6.82. The number of rotatable bonds is 8. The molecule has 0 saturated carbocycles. The van der Waals surface area contributed by atoms with Crippen molar-refractivity contribution in [2.75, 3.05) is 39.6 Å². The first kappa shape index (κ1) is 15.2. The van der Waals surface area contributed by atoms with Gasteiger partial charge in [0.2, 0.25) is 0 Å². The summed E-state index contributed by atoms with van der Waals surface area (Å²) in [5, 5.41) is 9.70. The van der Waals surface area contributed by atoms with Gasteiger partial charge in [-0.3, -0.25) is 0 Å². The van der Waals surface area contributed by atoms with Crippen LogP contribution in [0.15, 0.2) is 0 Å². The van der Waals surface area contributed by atoms with Crippen LogP contribution >= 0.6 is 0 Å². The summed E-state index contributed by atoms with van der Waals surface area (Å²) in [5.41, 5.74) is 0. The zero-order chi connectivity index (χ0) is 13.7. The number of ether oxygens (including phenoxy) is 5. The van der Waals surface area contributed by atoms with E-state index in [1.807, 2.05) is 13.8 Å². The fraction of sp³-hybridized carbons (Fsp3) is 1.00. The number of epoxide rings is 1. The third kappa shape index (κ3) is 6.16. The summed E-state index contributed by atoms with van der Waals surface area (Å²) in [6.45, 7) is 6.69. The number of aliphatic hydroxyl groups excluding tert-OH is 1. The molecule has 0 spiro atoms. The molecule has 2 heterocycles. The van der Waals surface area contributed by atoms with Crippen LogP contribution in [0.3, 0.4) is 0 Å². The van der Waals surface area contributed by atoms with Gasteiger partial charge >= 0.3 is 0 Å². The highest BCUT2D eigenvalue weighted by Crippen LogP contribution is 2.18. The SMILES string of the molecule is CC1(C)OCC(OCC(O)COCCC2CO2)CO1. The molecule has 0 bridgehead atoms. The van der Waals surface area contributed by atoms with Gasteiger partial charge in [0.15, 0.2) is 5.79 Å². The Hall–Kier alpha value is -0.240. The molecule has 2 aliphatic heterocycles. The van der Waals surface area contributed by atoms with Crippen molar-refractivity contribution in [3.63, 3.8) is 0 Å². The van der Waals surface area contributed by atoms with E-state index in [4.69, 9.17) is 23.7 Å². The van der Waals surface area contributed by atoms with Crippen LogP contribution in [-0.2, 0) is 23.7 Å². The number of hydrogen-bond acceptors (Lipinski definition) is 6. The van der Waals surface area contributed by atoms with Crippen molar-refractivity contribution >= 4 is 0 Å². The minimum Gasteiger partial charge on any atom is -0.388 e. The summed E-state index contributed by atoms with van der Waals surface area (Å²) < 4.78 is 26.9. The molecule has 2 unspecified atom stereocenters. The summed E-state index contributed by atoms with van der Waals surface area (Å²) in [6, 6.07) is 0. The van der Waals surface area contributed by atoms with E-state index in [0.29, 0.717) is 25.9 Å². The summed E-state index contributed by atoms with van der Waals surface area (Å²) in [5.74, 6) is -0.535. The van der Waals surface area contributed by atoms with Crippen molar-refractivity contribution < 1.29 is 28.8 Å². The van der Waals surface area contributed by atoms with Gasteiger partial charge in [0.1, 0.15) is 12.2 Å². The standard InChI is InChI=1S/C13H24O6/c1-13(2)18-8-12(9-19-13)16-6-10(14)5-15-4-3-11-7-17-11/h10-12,14H,3-9H2,1-2H3. The smallest absolute Gasteiger partial charge is 0.163 e.